The van der Waals surface area contributed by atoms with Crippen molar-refractivity contribution in [2.24, 2.45) is 11.0 Å². The Kier molecular flexibility index (Phi) is 9.19. The number of esters is 1. The summed E-state index contributed by atoms with van der Waals surface area (Å²) >= 11 is 0. The third kappa shape index (κ3) is 7.60. The Hall–Kier alpha value is -2.70. The van der Waals surface area contributed by atoms with Crippen molar-refractivity contribution in [2.75, 3.05) is 11.9 Å². The minimum atomic E-state index is -0.488. The van der Waals surface area contributed by atoms with Gasteiger partial charge in [-0.25, -0.2) is 5.43 Å². The second kappa shape index (κ2) is 11.1. The number of carbonyl (C=O) groups is 3. The van der Waals surface area contributed by atoms with E-state index in [0.717, 1.165) is 11.1 Å². The number of nitrogens with zero attached hydrogens (tertiary/aromatic N) is 1. The summed E-state index contributed by atoms with van der Waals surface area (Å²) in [5.41, 5.74) is 5.81. The summed E-state index contributed by atoms with van der Waals surface area (Å²) in [4.78, 5) is 35.7. The quantitative estimate of drug-likeness (QED) is 0.394. The lowest BCUT2D eigenvalue weighted by Gasteiger charge is -2.13. The number of anilines is 1. The molecule has 7 nitrogen and oxygen atoms in total. The van der Waals surface area contributed by atoms with Gasteiger partial charge < -0.3 is 10.1 Å². The van der Waals surface area contributed by atoms with Crippen LogP contribution in [0.1, 0.15) is 51.2 Å². The van der Waals surface area contributed by atoms with Gasteiger partial charge in [0, 0.05) is 24.2 Å². The third-order valence-corrected chi connectivity index (χ3v) is 4.21. The van der Waals surface area contributed by atoms with Crippen LogP contribution >= 0.6 is 0 Å². The highest BCUT2D eigenvalue weighted by Crippen LogP contribution is 2.14. The fourth-order valence-corrected chi connectivity index (χ4v) is 2.43. The monoisotopic (exact) mass is 375 g/mol. The van der Waals surface area contributed by atoms with E-state index < -0.39 is 5.92 Å². The molecule has 0 saturated heterocycles. The van der Waals surface area contributed by atoms with Crippen LogP contribution in [0.4, 0.5) is 5.69 Å². The zero-order chi connectivity index (χ0) is 20.4. The van der Waals surface area contributed by atoms with E-state index in [1.807, 2.05) is 39.0 Å². The molecule has 0 aromatic heterocycles. The molecule has 0 radical (unpaired) electrons. The van der Waals surface area contributed by atoms with Gasteiger partial charge in [0.1, 0.15) is 0 Å². The average molecular weight is 375 g/mol. The molecule has 0 saturated carbocycles. The molecule has 2 amide bonds. The van der Waals surface area contributed by atoms with Crippen LogP contribution in [-0.4, -0.2) is 30.1 Å². The first kappa shape index (κ1) is 22.3. The Labute approximate surface area is 160 Å². The van der Waals surface area contributed by atoms with Crippen LogP contribution < -0.4 is 10.7 Å². The van der Waals surface area contributed by atoms with E-state index >= 15 is 0 Å². The molecular weight excluding hydrogens is 346 g/mol. The van der Waals surface area contributed by atoms with Crippen LogP contribution in [0.5, 0.6) is 0 Å². The molecule has 148 valence electrons. The average Bonchev–Trinajstić information content (AvgIpc) is 2.62. The Bertz CT molecular complexity index is 713. The maximum atomic E-state index is 12.0. The van der Waals surface area contributed by atoms with Gasteiger partial charge in [-0.1, -0.05) is 13.0 Å². The second-order valence-corrected chi connectivity index (χ2v) is 6.35. The molecule has 0 aliphatic rings. The minimum Gasteiger partial charge on any atom is -0.465 e. The van der Waals surface area contributed by atoms with E-state index in [4.69, 9.17) is 4.74 Å². The van der Waals surface area contributed by atoms with E-state index in [1.54, 1.807) is 13.8 Å². The predicted molar refractivity (Wildman–Crippen MR) is 105 cm³/mol. The molecular formula is C20H29N3O4. The number of hydrogen-bond acceptors (Lipinski definition) is 5. The van der Waals surface area contributed by atoms with Crippen molar-refractivity contribution in [1.82, 2.24) is 5.43 Å². The molecule has 0 aliphatic heterocycles. The normalized spacial score (nSPS) is 12.3. The number of nitrogens with one attached hydrogen (secondary N) is 2. The molecule has 0 spiro atoms. The first-order valence-corrected chi connectivity index (χ1v) is 9.15. The van der Waals surface area contributed by atoms with Gasteiger partial charge in [-0.3, -0.25) is 14.4 Å². The van der Waals surface area contributed by atoms with E-state index in [1.165, 1.54) is 0 Å². The summed E-state index contributed by atoms with van der Waals surface area (Å²) < 4.78 is 4.99. The molecule has 0 bridgehead atoms. The Balaban J connectivity index is 2.48. The van der Waals surface area contributed by atoms with E-state index in [-0.39, 0.29) is 30.6 Å². The first-order valence-electron chi connectivity index (χ1n) is 9.15. The molecule has 0 aliphatic carbocycles. The second-order valence-electron chi connectivity index (χ2n) is 6.35. The number of carbonyl (C=O) groups excluding carboxylic acids is 3. The standard InChI is InChI=1S/C20H29N3O4/c1-6-17(20(26)27-7-2)15(5)22-23-19(25)11-10-18(24)21-16-9-8-13(3)14(4)12-16/h8-9,12,17H,6-7,10-11H2,1-5H3,(H,21,24)(H,23,25). The molecule has 1 atom stereocenters. The van der Waals surface area contributed by atoms with Crippen LogP contribution in [0.3, 0.4) is 0 Å². The van der Waals surface area contributed by atoms with Gasteiger partial charge in [-0.05, 0) is 57.4 Å². The van der Waals surface area contributed by atoms with E-state index in [0.29, 0.717) is 24.4 Å². The minimum absolute atomic E-state index is 0.00363. The lowest BCUT2D eigenvalue weighted by atomic mass is 10.0. The van der Waals surface area contributed by atoms with Crippen molar-refractivity contribution in [1.29, 1.82) is 0 Å². The van der Waals surface area contributed by atoms with Crippen LogP contribution in [0.25, 0.3) is 0 Å². The predicted octanol–water partition coefficient (Wildman–Crippen LogP) is 3.10. The van der Waals surface area contributed by atoms with Gasteiger partial charge in [-0.2, -0.15) is 5.10 Å². The van der Waals surface area contributed by atoms with Crippen molar-refractivity contribution in [2.45, 2.75) is 53.9 Å². The molecule has 27 heavy (non-hydrogen) atoms. The van der Waals surface area contributed by atoms with Crippen LogP contribution in [0, 0.1) is 19.8 Å². The van der Waals surface area contributed by atoms with Crippen LogP contribution in [-0.2, 0) is 19.1 Å². The van der Waals surface area contributed by atoms with Crippen molar-refractivity contribution in [3.63, 3.8) is 0 Å². The van der Waals surface area contributed by atoms with Crippen molar-refractivity contribution in [3.8, 4) is 0 Å². The Morgan fingerprint density at radius 3 is 2.33 bits per heavy atom. The summed E-state index contributed by atoms with van der Waals surface area (Å²) in [5, 5.41) is 6.74. The van der Waals surface area contributed by atoms with Crippen LogP contribution in [0.15, 0.2) is 23.3 Å². The lowest BCUT2D eigenvalue weighted by Crippen LogP contribution is -2.27. The molecule has 0 heterocycles. The van der Waals surface area contributed by atoms with E-state index in [2.05, 4.69) is 15.8 Å². The van der Waals surface area contributed by atoms with Gasteiger partial charge in [0.25, 0.3) is 0 Å². The summed E-state index contributed by atoms with van der Waals surface area (Å²) in [6, 6.07) is 5.65. The summed E-state index contributed by atoms with van der Waals surface area (Å²) in [6.45, 7) is 9.52. The first-order chi connectivity index (χ1) is 12.8. The third-order valence-electron chi connectivity index (χ3n) is 4.21. The highest BCUT2D eigenvalue weighted by Gasteiger charge is 2.21. The van der Waals surface area contributed by atoms with Crippen molar-refractivity contribution < 1.29 is 19.1 Å². The number of ether oxygens (including phenoxy) is 1. The van der Waals surface area contributed by atoms with Gasteiger partial charge in [0.05, 0.1) is 12.5 Å². The molecule has 0 fully saturated rings. The summed E-state index contributed by atoms with van der Waals surface area (Å²) in [6.07, 6.45) is 0.578. The van der Waals surface area contributed by atoms with Gasteiger partial charge in [0.2, 0.25) is 11.8 Å². The number of benzene rings is 1. The van der Waals surface area contributed by atoms with Crippen LogP contribution in [0.2, 0.25) is 0 Å². The van der Waals surface area contributed by atoms with Crippen molar-refractivity contribution in [3.05, 3.63) is 29.3 Å². The van der Waals surface area contributed by atoms with Crippen molar-refractivity contribution >= 4 is 29.2 Å². The van der Waals surface area contributed by atoms with E-state index in [9.17, 15) is 14.4 Å². The van der Waals surface area contributed by atoms with Gasteiger partial charge in [0.15, 0.2) is 0 Å². The smallest absolute Gasteiger partial charge is 0.314 e. The highest BCUT2D eigenvalue weighted by molar-refractivity contribution is 6.01. The summed E-state index contributed by atoms with van der Waals surface area (Å²) in [5.74, 6) is -1.48. The number of aryl methyl sites for hydroxylation is 2. The molecule has 1 unspecified atom stereocenters. The topological polar surface area (TPSA) is 96.9 Å². The maximum Gasteiger partial charge on any atom is 0.314 e. The fourth-order valence-electron chi connectivity index (χ4n) is 2.43. The Morgan fingerprint density at radius 2 is 1.74 bits per heavy atom. The number of hydrogen-bond donors (Lipinski definition) is 2. The molecule has 1 aromatic rings. The van der Waals surface area contributed by atoms with Gasteiger partial charge >= 0.3 is 5.97 Å². The van der Waals surface area contributed by atoms with Gasteiger partial charge in [-0.15, -0.1) is 0 Å². The summed E-state index contributed by atoms with van der Waals surface area (Å²) in [7, 11) is 0. The lowest BCUT2D eigenvalue weighted by molar-refractivity contribution is -0.145. The highest BCUT2D eigenvalue weighted by atomic mass is 16.5. The molecule has 1 rings (SSSR count). The zero-order valence-electron chi connectivity index (χ0n) is 16.7. The molecule has 7 heteroatoms. The Morgan fingerprint density at radius 1 is 1.07 bits per heavy atom. The fraction of sp³-hybridized carbons (Fsp3) is 0.500. The molecule has 2 N–H and O–H groups in total. The maximum absolute atomic E-state index is 12.0. The number of hydrazone groups is 1. The number of rotatable bonds is 9. The SMILES string of the molecule is CCOC(=O)C(CC)C(C)=NNC(=O)CCC(=O)Nc1ccc(C)c(C)c1. The molecule has 1 aromatic carbocycles. The zero-order valence-corrected chi connectivity index (χ0v) is 16.7. The number of amides is 2. The largest absolute Gasteiger partial charge is 0.465 e.